The molecule has 0 saturated carbocycles. The van der Waals surface area contributed by atoms with E-state index in [2.05, 4.69) is 5.32 Å². The van der Waals surface area contributed by atoms with Crippen molar-refractivity contribution in [2.24, 2.45) is 0 Å². The number of amides is 1. The Bertz CT molecular complexity index is 695. The summed E-state index contributed by atoms with van der Waals surface area (Å²) in [4.78, 5) is 23.6. The van der Waals surface area contributed by atoms with E-state index in [4.69, 9.17) is 4.74 Å². The molecule has 22 heavy (non-hydrogen) atoms. The van der Waals surface area contributed by atoms with Crippen LogP contribution < -0.4 is 10.1 Å². The molecule has 4 nitrogen and oxygen atoms in total. The zero-order valence-corrected chi connectivity index (χ0v) is 12.2. The number of fused-ring (bicyclic) bond motifs is 1. The first-order valence-electron chi connectivity index (χ1n) is 7.34. The fraction of sp³-hybridized carbons (Fsp3) is 0.222. The number of ketones is 1. The predicted octanol–water partition coefficient (Wildman–Crippen LogP) is 3.03. The number of carbonyl (C=O) groups is 2. The molecule has 3 rings (SSSR count). The molecular formula is C18H17NO3. The van der Waals surface area contributed by atoms with Gasteiger partial charge < -0.3 is 10.1 Å². The van der Waals surface area contributed by atoms with Gasteiger partial charge in [-0.05, 0) is 23.6 Å². The van der Waals surface area contributed by atoms with E-state index < -0.39 is 6.09 Å². The van der Waals surface area contributed by atoms with Crippen LogP contribution in [0.2, 0.25) is 0 Å². The Hall–Kier alpha value is -2.62. The normalized spacial score (nSPS) is 13.4. The molecule has 0 atom stereocenters. The van der Waals surface area contributed by atoms with Crippen molar-refractivity contribution in [2.45, 2.75) is 25.8 Å². The van der Waals surface area contributed by atoms with Gasteiger partial charge in [0.05, 0.1) is 0 Å². The number of hydrogen-bond acceptors (Lipinski definition) is 3. The third-order valence-electron chi connectivity index (χ3n) is 3.76. The van der Waals surface area contributed by atoms with Crippen LogP contribution >= 0.6 is 0 Å². The Morgan fingerprint density at radius 3 is 2.68 bits per heavy atom. The maximum atomic E-state index is 11.9. The van der Waals surface area contributed by atoms with Crippen LogP contribution in [0.5, 0.6) is 5.75 Å². The first kappa shape index (κ1) is 14.3. The van der Waals surface area contributed by atoms with Gasteiger partial charge in [-0.3, -0.25) is 4.79 Å². The van der Waals surface area contributed by atoms with Crippen molar-refractivity contribution in [1.82, 2.24) is 5.32 Å². The van der Waals surface area contributed by atoms with Gasteiger partial charge in [0.25, 0.3) is 0 Å². The number of nitrogens with one attached hydrogen (secondary N) is 1. The van der Waals surface area contributed by atoms with Gasteiger partial charge in [-0.25, -0.2) is 4.79 Å². The van der Waals surface area contributed by atoms with Crippen molar-refractivity contribution in [3.05, 3.63) is 65.2 Å². The van der Waals surface area contributed by atoms with Crippen LogP contribution in [-0.4, -0.2) is 11.9 Å². The van der Waals surface area contributed by atoms with Gasteiger partial charge in [0.1, 0.15) is 11.5 Å². The Balaban J connectivity index is 1.66. The molecule has 0 heterocycles. The lowest BCUT2D eigenvalue weighted by Gasteiger charge is -2.18. The van der Waals surface area contributed by atoms with E-state index in [0.29, 0.717) is 25.1 Å². The van der Waals surface area contributed by atoms with Gasteiger partial charge in [0.2, 0.25) is 0 Å². The van der Waals surface area contributed by atoms with Gasteiger partial charge in [0.15, 0.2) is 0 Å². The maximum Gasteiger partial charge on any atom is 0.412 e. The highest BCUT2D eigenvalue weighted by Crippen LogP contribution is 2.28. The summed E-state index contributed by atoms with van der Waals surface area (Å²) in [6, 6.07) is 15.2. The second kappa shape index (κ2) is 6.43. The highest BCUT2D eigenvalue weighted by Gasteiger charge is 2.20. The fourth-order valence-electron chi connectivity index (χ4n) is 2.61. The Morgan fingerprint density at radius 2 is 1.86 bits per heavy atom. The molecule has 0 aliphatic heterocycles. The lowest BCUT2D eigenvalue weighted by molar-refractivity contribution is -0.118. The predicted molar refractivity (Wildman–Crippen MR) is 82.8 cm³/mol. The molecule has 1 aliphatic carbocycles. The molecule has 0 radical (unpaired) electrons. The standard InChI is InChI=1S/C18H17NO3/c20-15-10-9-14-7-4-8-17(16(14)11-15)22-18(21)19-12-13-5-2-1-3-6-13/h1-8H,9-12H2,(H,19,21). The fourth-order valence-corrected chi connectivity index (χ4v) is 2.61. The molecule has 0 saturated heterocycles. The summed E-state index contributed by atoms with van der Waals surface area (Å²) in [5, 5.41) is 2.72. The number of Topliss-reactive ketones (excluding diaryl/α,β-unsaturated/α-hetero) is 1. The molecule has 0 fully saturated rings. The molecule has 2 aromatic carbocycles. The van der Waals surface area contributed by atoms with Crippen molar-refractivity contribution in [3.8, 4) is 5.75 Å². The van der Waals surface area contributed by atoms with E-state index in [9.17, 15) is 9.59 Å². The summed E-state index contributed by atoms with van der Waals surface area (Å²) in [7, 11) is 0. The molecule has 1 aliphatic rings. The van der Waals surface area contributed by atoms with E-state index >= 15 is 0 Å². The van der Waals surface area contributed by atoms with Crippen molar-refractivity contribution < 1.29 is 14.3 Å². The number of rotatable bonds is 3. The second-order valence-corrected chi connectivity index (χ2v) is 5.34. The Labute approximate surface area is 129 Å². The van der Waals surface area contributed by atoms with E-state index in [0.717, 1.165) is 23.1 Å². The minimum atomic E-state index is -0.504. The SMILES string of the molecule is O=C1CCc2cccc(OC(=O)NCc3ccccc3)c2C1. The molecule has 2 aromatic rings. The summed E-state index contributed by atoms with van der Waals surface area (Å²) < 4.78 is 5.38. The van der Waals surface area contributed by atoms with Gasteiger partial charge in [-0.2, -0.15) is 0 Å². The van der Waals surface area contributed by atoms with Crippen LogP contribution in [0.15, 0.2) is 48.5 Å². The van der Waals surface area contributed by atoms with Crippen LogP contribution in [0.1, 0.15) is 23.1 Å². The van der Waals surface area contributed by atoms with Gasteiger partial charge in [-0.15, -0.1) is 0 Å². The van der Waals surface area contributed by atoms with Gasteiger partial charge in [0, 0.05) is 24.9 Å². The molecule has 0 aromatic heterocycles. The van der Waals surface area contributed by atoms with Gasteiger partial charge >= 0.3 is 6.09 Å². The zero-order chi connectivity index (χ0) is 15.4. The molecule has 1 amide bonds. The Kier molecular flexibility index (Phi) is 4.19. The summed E-state index contributed by atoms with van der Waals surface area (Å²) in [6.45, 7) is 0.410. The number of hydrogen-bond donors (Lipinski definition) is 1. The average molecular weight is 295 g/mol. The third-order valence-corrected chi connectivity index (χ3v) is 3.76. The summed E-state index contributed by atoms with van der Waals surface area (Å²) in [5.41, 5.74) is 2.94. The average Bonchev–Trinajstić information content (AvgIpc) is 2.54. The van der Waals surface area contributed by atoms with Crippen molar-refractivity contribution >= 4 is 11.9 Å². The van der Waals surface area contributed by atoms with Crippen molar-refractivity contribution in [3.63, 3.8) is 0 Å². The summed E-state index contributed by atoms with van der Waals surface area (Å²) in [6.07, 6.45) is 1.13. The van der Waals surface area contributed by atoms with Crippen LogP contribution in [0.4, 0.5) is 4.79 Å². The molecule has 0 unspecified atom stereocenters. The van der Waals surface area contributed by atoms with E-state index in [-0.39, 0.29) is 5.78 Å². The van der Waals surface area contributed by atoms with Gasteiger partial charge in [-0.1, -0.05) is 42.5 Å². The largest absolute Gasteiger partial charge is 0.412 e. The van der Waals surface area contributed by atoms with E-state index in [1.807, 2.05) is 42.5 Å². The highest BCUT2D eigenvalue weighted by molar-refractivity contribution is 5.84. The maximum absolute atomic E-state index is 11.9. The number of ether oxygens (including phenoxy) is 1. The summed E-state index contributed by atoms with van der Waals surface area (Å²) in [5.74, 6) is 0.671. The lowest BCUT2D eigenvalue weighted by Crippen LogP contribution is -2.27. The minimum absolute atomic E-state index is 0.188. The van der Waals surface area contributed by atoms with Crippen LogP contribution in [0, 0.1) is 0 Å². The minimum Gasteiger partial charge on any atom is -0.410 e. The van der Waals surface area contributed by atoms with Crippen molar-refractivity contribution in [1.29, 1.82) is 0 Å². The zero-order valence-electron chi connectivity index (χ0n) is 12.2. The van der Waals surface area contributed by atoms with Crippen LogP contribution in [-0.2, 0) is 24.2 Å². The Morgan fingerprint density at radius 1 is 1.05 bits per heavy atom. The van der Waals surface area contributed by atoms with Crippen molar-refractivity contribution in [2.75, 3.05) is 0 Å². The second-order valence-electron chi connectivity index (χ2n) is 5.34. The number of benzene rings is 2. The molecule has 1 N–H and O–H groups in total. The van der Waals surface area contributed by atoms with E-state index in [1.165, 1.54) is 0 Å². The lowest BCUT2D eigenvalue weighted by atomic mass is 9.90. The molecule has 0 spiro atoms. The van der Waals surface area contributed by atoms with E-state index in [1.54, 1.807) is 6.07 Å². The molecule has 4 heteroatoms. The monoisotopic (exact) mass is 295 g/mol. The molecule has 0 bridgehead atoms. The highest BCUT2D eigenvalue weighted by atomic mass is 16.6. The molecular weight excluding hydrogens is 278 g/mol. The quantitative estimate of drug-likeness (QED) is 0.947. The first-order chi connectivity index (χ1) is 10.7. The number of carbonyl (C=O) groups excluding carboxylic acids is 2. The topological polar surface area (TPSA) is 55.4 Å². The third kappa shape index (κ3) is 3.34. The smallest absolute Gasteiger partial charge is 0.410 e. The molecule has 112 valence electrons. The first-order valence-corrected chi connectivity index (χ1v) is 7.34. The van der Waals surface area contributed by atoms with Crippen LogP contribution in [0.25, 0.3) is 0 Å². The summed E-state index contributed by atoms with van der Waals surface area (Å²) >= 11 is 0. The van der Waals surface area contributed by atoms with Crippen LogP contribution in [0.3, 0.4) is 0 Å². The number of aryl methyl sites for hydroxylation is 1.